The van der Waals surface area contributed by atoms with Gasteiger partial charge in [0.2, 0.25) is 0 Å². The second kappa shape index (κ2) is 2.70. The van der Waals surface area contributed by atoms with Crippen molar-refractivity contribution in [3.8, 4) is 0 Å². The predicted molar refractivity (Wildman–Crippen MR) is 38.2 cm³/mol. The van der Waals surface area contributed by atoms with Crippen LogP contribution in [0.5, 0.6) is 0 Å². The first-order valence-electron chi connectivity index (χ1n) is 3.92. The van der Waals surface area contributed by atoms with Gasteiger partial charge in [-0.05, 0) is 24.7 Å². The maximum absolute atomic E-state index is 9.20. The van der Waals surface area contributed by atoms with Gasteiger partial charge in [0.1, 0.15) is 0 Å². The van der Waals surface area contributed by atoms with Gasteiger partial charge >= 0.3 is 0 Å². The average Bonchev–Trinajstić information content (AvgIpc) is 2.10. The van der Waals surface area contributed by atoms with Crippen molar-refractivity contribution in [2.75, 3.05) is 0 Å². The fourth-order valence-electron chi connectivity index (χ4n) is 1.87. The Bertz CT molecular complexity index is 90.6. The molecular weight excluding hydrogens is 112 g/mol. The van der Waals surface area contributed by atoms with Crippen LogP contribution in [0.15, 0.2) is 0 Å². The zero-order valence-electron chi connectivity index (χ0n) is 6.30. The van der Waals surface area contributed by atoms with E-state index in [0.717, 1.165) is 24.7 Å². The first kappa shape index (κ1) is 7.07. The fraction of sp³-hybridized carbons (Fsp3) is 1.00. The third-order valence-corrected chi connectivity index (χ3v) is 2.55. The van der Waals surface area contributed by atoms with Crippen LogP contribution >= 0.6 is 0 Å². The summed E-state index contributed by atoms with van der Waals surface area (Å²) in [5.74, 6) is 1.55. The van der Waals surface area contributed by atoms with E-state index in [-0.39, 0.29) is 6.10 Å². The van der Waals surface area contributed by atoms with Crippen molar-refractivity contribution in [2.45, 2.75) is 39.2 Å². The Labute approximate surface area is 57.1 Å². The quantitative estimate of drug-likeness (QED) is 0.571. The molecule has 1 heteroatoms. The maximum Gasteiger partial charge on any atom is 0.0545 e. The van der Waals surface area contributed by atoms with Crippen LogP contribution < -0.4 is 0 Å². The standard InChI is InChI=1S/C8H16O/c1-3-7-5-8(9)4-6(7)2/h6-9H,3-5H2,1-2H3/t6-,7-,8-/m0/s1. The molecule has 1 rings (SSSR count). The molecule has 0 saturated heterocycles. The highest BCUT2D eigenvalue weighted by molar-refractivity contribution is 4.79. The Hall–Kier alpha value is -0.0400. The molecule has 0 unspecified atom stereocenters. The molecule has 0 aromatic carbocycles. The molecule has 0 aromatic rings. The molecule has 0 spiro atoms. The lowest BCUT2D eigenvalue weighted by molar-refractivity contribution is 0.175. The third kappa shape index (κ3) is 1.45. The molecule has 0 heterocycles. The molecular formula is C8H16O. The van der Waals surface area contributed by atoms with E-state index in [4.69, 9.17) is 0 Å². The minimum atomic E-state index is 0.00458. The number of rotatable bonds is 1. The van der Waals surface area contributed by atoms with Gasteiger partial charge < -0.3 is 5.11 Å². The van der Waals surface area contributed by atoms with E-state index in [1.54, 1.807) is 0 Å². The topological polar surface area (TPSA) is 20.2 Å². The predicted octanol–water partition coefficient (Wildman–Crippen LogP) is 1.80. The second-order valence-electron chi connectivity index (χ2n) is 3.27. The van der Waals surface area contributed by atoms with Crippen molar-refractivity contribution < 1.29 is 5.11 Å². The van der Waals surface area contributed by atoms with E-state index >= 15 is 0 Å². The van der Waals surface area contributed by atoms with Gasteiger partial charge in [-0.1, -0.05) is 20.3 Å². The van der Waals surface area contributed by atoms with Crippen LogP contribution in [0.4, 0.5) is 0 Å². The second-order valence-corrected chi connectivity index (χ2v) is 3.27. The van der Waals surface area contributed by atoms with E-state index in [2.05, 4.69) is 13.8 Å². The number of aliphatic hydroxyl groups is 1. The summed E-state index contributed by atoms with van der Waals surface area (Å²) in [7, 11) is 0. The smallest absolute Gasteiger partial charge is 0.0545 e. The molecule has 0 radical (unpaired) electrons. The maximum atomic E-state index is 9.20. The van der Waals surface area contributed by atoms with Gasteiger partial charge in [-0.15, -0.1) is 0 Å². The molecule has 3 atom stereocenters. The lowest BCUT2D eigenvalue weighted by Crippen LogP contribution is -2.00. The fourth-order valence-corrected chi connectivity index (χ4v) is 1.87. The minimum Gasteiger partial charge on any atom is -0.393 e. The van der Waals surface area contributed by atoms with Gasteiger partial charge in [0.25, 0.3) is 0 Å². The molecule has 1 nitrogen and oxygen atoms in total. The zero-order valence-corrected chi connectivity index (χ0v) is 6.30. The molecule has 1 fully saturated rings. The summed E-state index contributed by atoms with van der Waals surface area (Å²) in [6, 6.07) is 0. The van der Waals surface area contributed by atoms with Crippen LogP contribution in [0, 0.1) is 11.8 Å². The van der Waals surface area contributed by atoms with Crippen molar-refractivity contribution in [3.05, 3.63) is 0 Å². The number of aliphatic hydroxyl groups excluding tert-OH is 1. The Balaban J connectivity index is 2.38. The summed E-state index contributed by atoms with van der Waals surface area (Å²) in [5, 5.41) is 9.20. The van der Waals surface area contributed by atoms with E-state index in [1.165, 1.54) is 6.42 Å². The van der Waals surface area contributed by atoms with E-state index in [0.29, 0.717) is 0 Å². The first-order valence-corrected chi connectivity index (χ1v) is 3.92. The normalized spacial score (nSPS) is 43.7. The molecule has 0 aliphatic heterocycles. The average molecular weight is 128 g/mol. The molecule has 9 heavy (non-hydrogen) atoms. The number of hydrogen-bond donors (Lipinski definition) is 1. The third-order valence-electron chi connectivity index (χ3n) is 2.55. The van der Waals surface area contributed by atoms with E-state index < -0.39 is 0 Å². The summed E-state index contributed by atoms with van der Waals surface area (Å²) in [6.45, 7) is 4.45. The highest BCUT2D eigenvalue weighted by Crippen LogP contribution is 2.33. The van der Waals surface area contributed by atoms with Gasteiger partial charge in [0.15, 0.2) is 0 Å². The molecule has 1 saturated carbocycles. The molecule has 0 bridgehead atoms. The van der Waals surface area contributed by atoms with E-state index in [9.17, 15) is 5.11 Å². The van der Waals surface area contributed by atoms with Gasteiger partial charge in [-0.25, -0.2) is 0 Å². The highest BCUT2D eigenvalue weighted by Gasteiger charge is 2.27. The van der Waals surface area contributed by atoms with Crippen LogP contribution in [-0.2, 0) is 0 Å². The molecule has 1 aliphatic carbocycles. The van der Waals surface area contributed by atoms with Crippen LogP contribution in [0.25, 0.3) is 0 Å². The summed E-state index contributed by atoms with van der Waals surface area (Å²) >= 11 is 0. The number of hydrogen-bond acceptors (Lipinski definition) is 1. The Morgan fingerprint density at radius 2 is 2.11 bits per heavy atom. The van der Waals surface area contributed by atoms with Crippen molar-refractivity contribution in [3.63, 3.8) is 0 Å². The first-order chi connectivity index (χ1) is 4.24. The summed E-state index contributed by atoms with van der Waals surface area (Å²) in [6.07, 6.45) is 3.30. The van der Waals surface area contributed by atoms with Gasteiger partial charge in [0.05, 0.1) is 6.10 Å². The largest absolute Gasteiger partial charge is 0.393 e. The van der Waals surface area contributed by atoms with Crippen molar-refractivity contribution in [1.29, 1.82) is 0 Å². The summed E-state index contributed by atoms with van der Waals surface area (Å²) in [5.41, 5.74) is 0. The summed E-state index contributed by atoms with van der Waals surface area (Å²) in [4.78, 5) is 0. The molecule has 0 amide bonds. The van der Waals surface area contributed by atoms with Crippen LogP contribution in [0.3, 0.4) is 0 Å². The molecule has 1 aliphatic rings. The molecule has 1 N–H and O–H groups in total. The van der Waals surface area contributed by atoms with Crippen LogP contribution in [0.1, 0.15) is 33.1 Å². The minimum absolute atomic E-state index is 0.00458. The van der Waals surface area contributed by atoms with Gasteiger partial charge in [-0.2, -0.15) is 0 Å². The lowest BCUT2D eigenvalue weighted by Gasteiger charge is -2.09. The van der Waals surface area contributed by atoms with Crippen molar-refractivity contribution in [1.82, 2.24) is 0 Å². The van der Waals surface area contributed by atoms with Crippen LogP contribution in [-0.4, -0.2) is 11.2 Å². The Morgan fingerprint density at radius 1 is 1.44 bits per heavy atom. The lowest BCUT2D eigenvalue weighted by atomic mass is 9.96. The van der Waals surface area contributed by atoms with Gasteiger partial charge in [-0.3, -0.25) is 0 Å². The van der Waals surface area contributed by atoms with Crippen molar-refractivity contribution >= 4 is 0 Å². The van der Waals surface area contributed by atoms with Crippen molar-refractivity contribution in [2.24, 2.45) is 11.8 Å². The highest BCUT2D eigenvalue weighted by atomic mass is 16.3. The monoisotopic (exact) mass is 128 g/mol. The molecule has 0 aromatic heterocycles. The Kier molecular flexibility index (Phi) is 2.12. The van der Waals surface area contributed by atoms with Crippen LogP contribution in [0.2, 0.25) is 0 Å². The SMILES string of the molecule is CC[C@H]1C[C@@H](O)C[C@@H]1C. The van der Waals surface area contributed by atoms with Gasteiger partial charge in [0, 0.05) is 0 Å². The van der Waals surface area contributed by atoms with E-state index in [1.807, 2.05) is 0 Å². The summed E-state index contributed by atoms with van der Waals surface area (Å²) < 4.78 is 0. The Morgan fingerprint density at radius 3 is 2.33 bits per heavy atom. The molecule has 54 valence electrons. The zero-order chi connectivity index (χ0) is 6.85.